The number of hydrogen-bond donors (Lipinski definition) is 0. The van der Waals surface area contributed by atoms with E-state index in [1.54, 1.807) is 0 Å². The van der Waals surface area contributed by atoms with E-state index in [-0.39, 0.29) is 0 Å². The Labute approximate surface area is 294 Å². The molecule has 2 aromatic heterocycles. The summed E-state index contributed by atoms with van der Waals surface area (Å²) in [5.41, 5.74) is 9.18. The molecular formula is C47H29N3O. The van der Waals surface area contributed by atoms with Crippen LogP contribution in [0.3, 0.4) is 0 Å². The predicted molar refractivity (Wildman–Crippen MR) is 209 cm³/mol. The highest BCUT2D eigenvalue weighted by Gasteiger charge is 2.19. The van der Waals surface area contributed by atoms with E-state index in [1.807, 2.05) is 60.7 Å². The van der Waals surface area contributed by atoms with E-state index in [1.165, 1.54) is 27.5 Å². The molecule has 10 rings (SSSR count). The van der Waals surface area contributed by atoms with Crippen molar-refractivity contribution in [2.75, 3.05) is 0 Å². The maximum absolute atomic E-state index is 6.25. The smallest absolute Gasteiger partial charge is 0.164 e. The number of hydrogen-bond acceptors (Lipinski definition) is 4. The van der Waals surface area contributed by atoms with E-state index in [9.17, 15) is 0 Å². The Hall–Kier alpha value is -6.91. The zero-order valence-corrected chi connectivity index (χ0v) is 27.5. The van der Waals surface area contributed by atoms with E-state index in [0.29, 0.717) is 17.5 Å². The lowest BCUT2D eigenvalue weighted by Gasteiger charge is -2.16. The van der Waals surface area contributed by atoms with Crippen LogP contribution in [0.4, 0.5) is 0 Å². The summed E-state index contributed by atoms with van der Waals surface area (Å²) in [5, 5.41) is 6.68. The molecule has 0 atom stereocenters. The molecule has 10 aromatic rings. The van der Waals surface area contributed by atoms with E-state index in [4.69, 9.17) is 19.4 Å². The van der Waals surface area contributed by atoms with Crippen molar-refractivity contribution in [3.63, 3.8) is 0 Å². The van der Waals surface area contributed by atoms with Crippen LogP contribution in [-0.2, 0) is 0 Å². The van der Waals surface area contributed by atoms with Gasteiger partial charge in [-0.05, 0) is 55.9 Å². The minimum atomic E-state index is 0.603. The summed E-state index contributed by atoms with van der Waals surface area (Å²) in [5.74, 6) is 1.84. The molecule has 8 aromatic carbocycles. The molecule has 51 heavy (non-hydrogen) atoms. The Morgan fingerprint density at radius 3 is 1.59 bits per heavy atom. The lowest BCUT2D eigenvalue weighted by molar-refractivity contribution is 0.669. The van der Waals surface area contributed by atoms with Gasteiger partial charge in [-0.2, -0.15) is 0 Å². The number of furan rings is 1. The van der Waals surface area contributed by atoms with Crippen molar-refractivity contribution in [2.24, 2.45) is 0 Å². The largest absolute Gasteiger partial charge is 0.456 e. The van der Waals surface area contributed by atoms with Gasteiger partial charge in [0.2, 0.25) is 0 Å². The molecule has 0 N–H and O–H groups in total. The van der Waals surface area contributed by atoms with Crippen molar-refractivity contribution < 1.29 is 4.42 Å². The number of para-hydroxylation sites is 1. The van der Waals surface area contributed by atoms with Gasteiger partial charge in [-0.25, -0.2) is 15.0 Å². The molecule has 0 aliphatic rings. The lowest BCUT2D eigenvalue weighted by Crippen LogP contribution is -2.01. The highest BCUT2D eigenvalue weighted by atomic mass is 16.3. The molecule has 0 saturated carbocycles. The Balaban J connectivity index is 1.22. The fraction of sp³-hybridized carbons (Fsp3) is 0. The van der Waals surface area contributed by atoms with Crippen molar-refractivity contribution >= 4 is 43.5 Å². The third-order valence-electron chi connectivity index (χ3n) is 9.75. The second kappa shape index (κ2) is 11.9. The monoisotopic (exact) mass is 651 g/mol. The van der Waals surface area contributed by atoms with Crippen molar-refractivity contribution in [1.82, 2.24) is 15.0 Å². The molecule has 0 bridgehead atoms. The maximum atomic E-state index is 6.25. The molecule has 0 saturated heterocycles. The van der Waals surface area contributed by atoms with Crippen LogP contribution < -0.4 is 0 Å². The first-order valence-electron chi connectivity index (χ1n) is 17.1. The highest BCUT2D eigenvalue weighted by Crippen LogP contribution is 2.41. The third-order valence-corrected chi connectivity index (χ3v) is 9.75. The van der Waals surface area contributed by atoms with Gasteiger partial charge in [0.15, 0.2) is 17.5 Å². The number of nitrogens with zero attached hydrogens (tertiary/aromatic N) is 3. The van der Waals surface area contributed by atoms with Crippen molar-refractivity contribution in [3.05, 3.63) is 176 Å². The average Bonchev–Trinajstić information content (AvgIpc) is 3.59. The normalized spacial score (nSPS) is 11.5. The van der Waals surface area contributed by atoms with E-state index in [2.05, 4.69) is 115 Å². The van der Waals surface area contributed by atoms with Crippen LogP contribution in [0, 0.1) is 0 Å². The topological polar surface area (TPSA) is 51.8 Å². The molecule has 0 aliphatic carbocycles. The SMILES string of the molecule is c1ccc(-c2nc(-c3cccc4c(-c5cccc6cccc(-c7ccccc7)c56)cccc34)nc(-c3cccc4oc5ccccc5c34)n2)cc1. The molecule has 0 amide bonds. The zero-order valence-electron chi connectivity index (χ0n) is 27.5. The second-order valence-corrected chi connectivity index (χ2v) is 12.7. The Kier molecular flexibility index (Phi) is 6.78. The summed E-state index contributed by atoms with van der Waals surface area (Å²) in [4.78, 5) is 15.5. The van der Waals surface area contributed by atoms with Gasteiger partial charge in [0.25, 0.3) is 0 Å². The molecule has 4 nitrogen and oxygen atoms in total. The maximum Gasteiger partial charge on any atom is 0.164 e. The number of rotatable bonds is 5. The highest BCUT2D eigenvalue weighted by molar-refractivity contribution is 6.13. The van der Waals surface area contributed by atoms with Crippen molar-refractivity contribution in [2.45, 2.75) is 0 Å². The third kappa shape index (κ3) is 4.88. The molecule has 238 valence electrons. The summed E-state index contributed by atoms with van der Waals surface area (Å²) in [6.45, 7) is 0. The average molecular weight is 652 g/mol. The van der Waals surface area contributed by atoms with Gasteiger partial charge in [-0.3, -0.25) is 0 Å². The van der Waals surface area contributed by atoms with Crippen LogP contribution in [-0.4, -0.2) is 15.0 Å². The van der Waals surface area contributed by atoms with Crippen molar-refractivity contribution in [3.8, 4) is 56.4 Å². The fourth-order valence-electron chi connectivity index (χ4n) is 7.46. The van der Waals surface area contributed by atoms with Gasteiger partial charge in [0.1, 0.15) is 11.2 Å². The molecule has 2 heterocycles. The molecule has 0 radical (unpaired) electrons. The van der Waals surface area contributed by atoms with Crippen LogP contribution in [0.2, 0.25) is 0 Å². The number of benzene rings is 8. The van der Waals surface area contributed by atoms with Gasteiger partial charge >= 0.3 is 0 Å². The summed E-state index contributed by atoms with van der Waals surface area (Å²) < 4.78 is 6.25. The zero-order chi connectivity index (χ0) is 33.7. The summed E-state index contributed by atoms with van der Waals surface area (Å²) >= 11 is 0. The van der Waals surface area contributed by atoms with Gasteiger partial charge in [-0.1, -0.05) is 164 Å². The molecule has 0 fully saturated rings. The van der Waals surface area contributed by atoms with Crippen LogP contribution in [0.1, 0.15) is 0 Å². The van der Waals surface area contributed by atoms with Gasteiger partial charge in [0, 0.05) is 27.5 Å². The predicted octanol–water partition coefficient (Wildman–Crippen LogP) is 12.4. The van der Waals surface area contributed by atoms with Crippen LogP contribution in [0.15, 0.2) is 180 Å². The van der Waals surface area contributed by atoms with E-state index >= 15 is 0 Å². The van der Waals surface area contributed by atoms with Crippen molar-refractivity contribution in [1.29, 1.82) is 0 Å². The first-order chi connectivity index (χ1) is 25.3. The standard InChI is InChI=1S/C47H29N3O/c1-3-14-30(15-4-1)33-21-9-18-31-19-10-25-37(43(31)33)35-23-11-24-36-34(35)22-12-26-38(36)46-48-45(32-16-5-2-6-17-32)49-47(50-46)40-27-13-29-42-44(40)39-20-7-8-28-41(39)51-42/h1-29H. The summed E-state index contributed by atoms with van der Waals surface area (Å²) in [7, 11) is 0. The number of aromatic nitrogens is 3. The first-order valence-corrected chi connectivity index (χ1v) is 17.1. The van der Waals surface area contributed by atoms with Gasteiger partial charge in [0.05, 0.1) is 0 Å². The molecule has 0 aliphatic heterocycles. The van der Waals surface area contributed by atoms with E-state index in [0.717, 1.165) is 55.0 Å². The van der Waals surface area contributed by atoms with Crippen LogP contribution in [0.25, 0.3) is 99.9 Å². The Morgan fingerprint density at radius 1 is 0.294 bits per heavy atom. The van der Waals surface area contributed by atoms with Gasteiger partial charge < -0.3 is 4.42 Å². The minimum Gasteiger partial charge on any atom is -0.456 e. The second-order valence-electron chi connectivity index (χ2n) is 12.7. The summed E-state index contributed by atoms with van der Waals surface area (Å²) in [6, 6.07) is 61.1. The lowest BCUT2D eigenvalue weighted by atomic mass is 9.89. The quantitative estimate of drug-likeness (QED) is 0.186. The Morgan fingerprint density at radius 2 is 0.804 bits per heavy atom. The van der Waals surface area contributed by atoms with Crippen LogP contribution in [0.5, 0.6) is 0 Å². The fourth-order valence-corrected chi connectivity index (χ4v) is 7.46. The number of fused-ring (bicyclic) bond motifs is 5. The first kappa shape index (κ1) is 29.0. The van der Waals surface area contributed by atoms with Gasteiger partial charge in [-0.15, -0.1) is 0 Å². The molecule has 0 spiro atoms. The minimum absolute atomic E-state index is 0.603. The van der Waals surface area contributed by atoms with Crippen LogP contribution >= 0.6 is 0 Å². The Bertz CT molecular complexity index is 2910. The molecular weight excluding hydrogens is 623 g/mol. The summed E-state index contributed by atoms with van der Waals surface area (Å²) in [6.07, 6.45) is 0. The van der Waals surface area contributed by atoms with E-state index < -0.39 is 0 Å². The molecule has 0 unspecified atom stereocenters. The molecule has 4 heteroatoms.